The van der Waals surface area contributed by atoms with Crippen LogP contribution in [0.3, 0.4) is 0 Å². The largest absolute Gasteiger partial charge is 0.396 e. The Kier molecular flexibility index (Phi) is 4.30. The maximum Gasteiger partial charge on any atom is 0.126 e. The molecule has 2 N–H and O–H groups in total. The van der Waals surface area contributed by atoms with Gasteiger partial charge in [-0.1, -0.05) is 12.8 Å². The van der Waals surface area contributed by atoms with Crippen LogP contribution in [-0.2, 0) is 6.54 Å². The molecule has 4 heteroatoms. The van der Waals surface area contributed by atoms with Gasteiger partial charge in [0.15, 0.2) is 0 Å². The standard InChI is InChI=1S/C14H19F2NO/c15-12-5-11(6-13(16)7-12)8-17-9-14(10-18)3-1-2-4-14/h5-7,17-18H,1-4,8-10H2. The van der Waals surface area contributed by atoms with E-state index in [1.807, 2.05) is 0 Å². The van der Waals surface area contributed by atoms with Crippen LogP contribution in [0.15, 0.2) is 18.2 Å². The molecule has 2 nitrogen and oxygen atoms in total. The zero-order valence-corrected chi connectivity index (χ0v) is 10.4. The SMILES string of the molecule is OCC1(CNCc2cc(F)cc(F)c2)CCCC1. The number of rotatable bonds is 5. The molecule has 1 aromatic carbocycles. The van der Waals surface area contributed by atoms with Crippen LogP contribution in [-0.4, -0.2) is 18.3 Å². The summed E-state index contributed by atoms with van der Waals surface area (Å²) in [5, 5.41) is 12.6. The highest BCUT2D eigenvalue weighted by atomic mass is 19.1. The molecule has 1 aliphatic rings. The quantitative estimate of drug-likeness (QED) is 0.847. The zero-order chi connectivity index (χ0) is 13.0. The fourth-order valence-corrected chi connectivity index (χ4v) is 2.70. The van der Waals surface area contributed by atoms with Gasteiger partial charge in [-0.3, -0.25) is 0 Å². The van der Waals surface area contributed by atoms with Crippen LogP contribution >= 0.6 is 0 Å². The fraction of sp³-hybridized carbons (Fsp3) is 0.571. The van der Waals surface area contributed by atoms with Gasteiger partial charge in [0.05, 0.1) is 0 Å². The molecule has 0 aliphatic heterocycles. The monoisotopic (exact) mass is 255 g/mol. The molecule has 0 amide bonds. The molecule has 1 aliphatic carbocycles. The van der Waals surface area contributed by atoms with Crippen molar-refractivity contribution < 1.29 is 13.9 Å². The maximum absolute atomic E-state index is 13.0. The van der Waals surface area contributed by atoms with Crippen molar-refractivity contribution in [3.05, 3.63) is 35.4 Å². The number of aliphatic hydroxyl groups is 1. The first kappa shape index (κ1) is 13.4. The highest BCUT2D eigenvalue weighted by Crippen LogP contribution is 2.36. The molecule has 1 saturated carbocycles. The van der Waals surface area contributed by atoms with Crippen LogP contribution in [0.4, 0.5) is 8.78 Å². The van der Waals surface area contributed by atoms with Gasteiger partial charge < -0.3 is 10.4 Å². The van der Waals surface area contributed by atoms with Gasteiger partial charge in [-0.25, -0.2) is 8.78 Å². The summed E-state index contributed by atoms with van der Waals surface area (Å²) < 4.78 is 26.0. The Hall–Kier alpha value is -1.00. The summed E-state index contributed by atoms with van der Waals surface area (Å²) in [6.07, 6.45) is 4.34. The van der Waals surface area contributed by atoms with Gasteiger partial charge in [-0.15, -0.1) is 0 Å². The van der Waals surface area contributed by atoms with E-state index in [4.69, 9.17) is 0 Å². The Morgan fingerprint density at radius 1 is 1.11 bits per heavy atom. The Morgan fingerprint density at radius 3 is 2.28 bits per heavy atom. The molecular weight excluding hydrogens is 236 g/mol. The molecule has 0 heterocycles. The normalized spacial score (nSPS) is 18.2. The molecular formula is C14H19F2NO. The van der Waals surface area contributed by atoms with Gasteiger partial charge in [0.1, 0.15) is 11.6 Å². The van der Waals surface area contributed by atoms with Gasteiger partial charge in [-0.05, 0) is 30.5 Å². The minimum atomic E-state index is -0.551. The molecule has 0 bridgehead atoms. The van der Waals surface area contributed by atoms with Crippen LogP contribution in [0.5, 0.6) is 0 Å². The summed E-state index contributed by atoms with van der Waals surface area (Å²) in [6.45, 7) is 1.30. The first-order valence-corrected chi connectivity index (χ1v) is 6.40. The van der Waals surface area contributed by atoms with Gasteiger partial charge in [0.2, 0.25) is 0 Å². The van der Waals surface area contributed by atoms with Crippen molar-refractivity contribution in [2.24, 2.45) is 5.41 Å². The Labute approximate surface area is 106 Å². The molecule has 2 rings (SSSR count). The molecule has 18 heavy (non-hydrogen) atoms. The third kappa shape index (κ3) is 3.27. The molecule has 0 radical (unpaired) electrons. The van der Waals surface area contributed by atoms with Crippen molar-refractivity contribution in [3.8, 4) is 0 Å². The van der Waals surface area contributed by atoms with Crippen molar-refractivity contribution >= 4 is 0 Å². The number of hydrogen-bond donors (Lipinski definition) is 2. The minimum Gasteiger partial charge on any atom is -0.396 e. The number of benzene rings is 1. The Bertz CT molecular complexity index is 383. The van der Waals surface area contributed by atoms with Crippen molar-refractivity contribution in [1.29, 1.82) is 0 Å². The number of hydrogen-bond acceptors (Lipinski definition) is 2. The second-order valence-corrected chi connectivity index (χ2v) is 5.25. The summed E-state index contributed by atoms with van der Waals surface area (Å²) >= 11 is 0. The molecule has 0 aromatic heterocycles. The lowest BCUT2D eigenvalue weighted by atomic mass is 9.87. The van der Waals surface area contributed by atoms with E-state index in [0.29, 0.717) is 18.7 Å². The zero-order valence-electron chi connectivity index (χ0n) is 10.4. The third-order valence-corrected chi connectivity index (χ3v) is 3.75. The smallest absolute Gasteiger partial charge is 0.126 e. The van der Waals surface area contributed by atoms with E-state index in [-0.39, 0.29) is 12.0 Å². The molecule has 0 spiro atoms. The summed E-state index contributed by atoms with van der Waals surface area (Å²) in [5.74, 6) is -1.10. The Morgan fingerprint density at radius 2 is 1.72 bits per heavy atom. The predicted molar refractivity (Wildman–Crippen MR) is 66.1 cm³/mol. The summed E-state index contributed by atoms with van der Waals surface area (Å²) in [4.78, 5) is 0. The summed E-state index contributed by atoms with van der Waals surface area (Å²) in [5.41, 5.74) is 0.560. The highest BCUT2D eigenvalue weighted by Gasteiger charge is 2.32. The summed E-state index contributed by atoms with van der Waals surface area (Å²) in [6, 6.07) is 3.53. The van der Waals surface area contributed by atoms with Gasteiger partial charge >= 0.3 is 0 Å². The van der Waals surface area contributed by atoms with Crippen molar-refractivity contribution in [2.45, 2.75) is 32.2 Å². The van der Waals surface area contributed by atoms with Crippen molar-refractivity contribution in [3.63, 3.8) is 0 Å². The number of nitrogens with one attached hydrogen (secondary N) is 1. The van der Waals surface area contributed by atoms with E-state index in [2.05, 4.69) is 5.32 Å². The molecule has 0 atom stereocenters. The average molecular weight is 255 g/mol. The minimum absolute atomic E-state index is 0.0358. The van der Waals surface area contributed by atoms with E-state index in [0.717, 1.165) is 31.7 Å². The number of halogens is 2. The lowest BCUT2D eigenvalue weighted by Crippen LogP contribution is -2.34. The lowest BCUT2D eigenvalue weighted by molar-refractivity contribution is 0.128. The van der Waals surface area contributed by atoms with Crippen molar-refractivity contribution in [1.82, 2.24) is 5.32 Å². The molecule has 0 unspecified atom stereocenters. The lowest BCUT2D eigenvalue weighted by Gasteiger charge is -2.26. The van der Waals surface area contributed by atoms with Gasteiger partial charge in [0, 0.05) is 31.2 Å². The van der Waals surface area contributed by atoms with E-state index in [1.165, 1.54) is 12.1 Å². The van der Waals surface area contributed by atoms with Crippen LogP contribution in [0.25, 0.3) is 0 Å². The average Bonchev–Trinajstić information content (AvgIpc) is 2.77. The van der Waals surface area contributed by atoms with Gasteiger partial charge in [-0.2, -0.15) is 0 Å². The van der Waals surface area contributed by atoms with Crippen molar-refractivity contribution in [2.75, 3.05) is 13.2 Å². The molecule has 1 fully saturated rings. The molecule has 1 aromatic rings. The first-order valence-electron chi connectivity index (χ1n) is 6.40. The Balaban J connectivity index is 1.87. The van der Waals surface area contributed by atoms with Crippen LogP contribution in [0.2, 0.25) is 0 Å². The van der Waals surface area contributed by atoms with Crippen LogP contribution in [0.1, 0.15) is 31.2 Å². The van der Waals surface area contributed by atoms with E-state index in [1.54, 1.807) is 0 Å². The van der Waals surface area contributed by atoms with Gasteiger partial charge in [0.25, 0.3) is 0 Å². The molecule has 0 saturated heterocycles. The fourth-order valence-electron chi connectivity index (χ4n) is 2.70. The highest BCUT2D eigenvalue weighted by molar-refractivity contribution is 5.17. The van der Waals surface area contributed by atoms with E-state index >= 15 is 0 Å². The summed E-state index contributed by atoms with van der Waals surface area (Å²) in [7, 11) is 0. The second kappa shape index (κ2) is 5.76. The van der Waals surface area contributed by atoms with E-state index < -0.39 is 11.6 Å². The topological polar surface area (TPSA) is 32.3 Å². The van der Waals surface area contributed by atoms with E-state index in [9.17, 15) is 13.9 Å². The number of aliphatic hydroxyl groups excluding tert-OH is 1. The third-order valence-electron chi connectivity index (χ3n) is 3.75. The predicted octanol–water partition coefficient (Wildman–Crippen LogP) is 2.61. The van der Waals surface area contributed by atoms with Crippen LogP contribution in [0, 0.1) is 17.0 Å². The van der Waals surface area contributed by atoms with Crippen LogP contribution < -0.4 is 5.32 Å². The second-order valence-electron chi connectivity index (χ2n) is 5.25. The first-order chi connectivity index (χ1) is 8.63. The molecule has 100 valence electrons. The maximum atomic E-state index is 13.0.